The first kappa shape index (κ1) is 27.4. The molecule has 1 aliphatic heterocycles. The molecule has 0 bridgehead atoms. The Balaban J connectivity index is 1.41. The van der Waals surface area contributed by atoms with Crippen molar-refractivity contribution >= 4 is 5.91 Å². The molecule has 38 heavy (non-hydrogen) atoms. The Bertz CT molecular complexity index is 1220. The number of carbonyl (C=O) groups is 1. The Morgan fingerprint density at radius 1 is 1.11 bits per heavy atom. The number of nitrogens with zero attached hydrogens (tertiary/aromatic N) is 4. The Kier molecular flexibility index (Phi) is 8.85. The molecule has 9 nitrogen and oxygen atoms in total. The van der Waals surface area contributed by atoms with Crippen molar-refractivity contribution < 1.29 is 28.5 Å². The number of aromatic nitrogens is 2. The number of ether oxygens (including phenoxy) is 3. The second-order valence-corrected chi connectivity index (χ2v) is 9.73. The van der Waals surface area contributed by atoms with Gasteiger partial charge in [0.25, 0.3) is 0 Å². The van der Waals surface area contributed by atoms with Gasteiger partial charge in [0, 0.05) is 39.3 Å². The van der Waals surface area contributed by atoms with Crippen LogP contribution in [0.2, 0.25) is 0 Å². The normalized spacial score (nSPS) is 18.2. The monoisotopic (exact) mass is 526 g/mol. The minimum atomic E-state index is -1.31. The van der Waals surface area contributed by atoms with Crippen molar-refractivity contribution in [2.75, 3.05) is 46.5 Å². The molecule has 1 amide bonds. The minimum absolute atomic E-state index is 0.0369. The Labute approximate surface area is 222 Å². The summed E-state index contributed by atoms with van der Waals surface area (Å²) in [6.07, 6.45) is 3.77. The number of hydrogen-bond donors (Lipinski definition) is 1. The van der Waals surface area contributed by atoms with Crippen LogP contribution in [0.3, 0.4) is 0 Å². The number of β-amino-alcohol motifs (C(OH)–C–C–N with tert-alkyl or cyclic N) is 1. The number of hydrogen-bond acceptors (Lipinski definition) is 7. The van der Waals surface area contributed by atoms with Crippen LogP contribution in [0.1, 0.15) is 18.1 Å². The van der Waals surface area contributed by atoms with E-state index < -0.39 is 5.60 Å². The lowest BCUT2D eigenvalue weighted by atomic mass is 10.0. The molecule has 10 heteroatoms. The van der Waals surface area contributed by atoms with Crippen molar-refractivity contribution in [3.8, 4) is 17.2 Å². The maximum absolute atomic E-state index is 13.2. The molecule has 1 saturated heterocycles. The van der Waals surface area contributed by atoms with Gasteiger partial charge in [0.1, 0.15) is 30.4 Å². The molecule has 204 valence electrons. The van der Waals surface area contributed by atoms with E-state index in [1.807, 2.05) is 42.2 Å². The first-order valence-corrected chi connectivity index (χ1v) is 12.6. The zero-order valence-corrected chi connectivity index (χ0v) is 22.1. The summed E-state index contributed by atoms with van der Waals surface area (Å²) in [5.74, 6) is 1.24. The highest BCUT2D eigenvalue weighted by Crippen LogP contribution is 2.29. The van der Waals surface area contributed by atoms with E-state index in [2.05, 4.69) is 10.00 Å². The van der Waals surface area contributed by atoms with E-state index in [-0.39, 0.29) is 24.9 Å². The number of aliphatic hydroxyl groups is 1. The summed E-state index contributed by atoms with van der Waals surface area (Å²) in [5, 5.41) is 15.8. The molecule has 0 radical (unpaired) electrons. The van der Waals surface area contributed by atoms with Gasteiger partial charge < -0.3 is 24.2 Å². The fraction of sp³-hybridized carbons (Fsp3) is 0.429. The highest BCUT2D eigenvalue weighted by Gasteiger charge is 2.37. The lowest BCUT2D eigenvalue weighted by Gasteiger charge is -2.32. The van der Waals surface area contributed by atoms with Gasteiger partial charge in [-0.2, -0.15) is 5.10 Å². The van der Waals surface area contributed by atoms with Crippen LogP contribution in [-0.2, 0) is 17.9 Å². The number of amides is 1. The maximum Gasteiger partial charge on any atom is 0.219 e. The molecule has 0 saturated carbocycles. The van der Waals surface area contributed by atoms with Gasteiger partial charge in [0.2, 0.25) is 5.91 Å². The highest BCUT2D eigenvalue weighted by atomic mass is 19.1. The van der Waals surface area contributed by atoms with Crippen molar-refractivity contribution in [3.05, 3.63) is 71.8 Å². The van der Waals surface area contributed by atoms with Crippen molar-refractivity contribution in [2.24, 2.45) is 0 Å². The summed E-state index contributed by atoms with van der Waals surface area (Å²) in [6.45, 7) is 6.57. The van der Waals surface area contributed by atoms with Crippen LogP contribution in [-0.4, -0.2) is 82.7 Å². The number of methoxy groups -OCH3 is 1. The summed E-state index contributed by atoms with van der Waals surface area (Å²) >= 11 is 0. The number of aryl methyl sites for hydroxylation is 1. The lowest BCUT2D eigenvalue weighted by molar-refractivity contribution is -0.132. The molecule has 0 aliphatic carbocycles. The van der Waals surface area contributed by atoms with Gasteiger partial charge in [-0.15, -0.1) is 0 Å². The molecular weight excluding hydrogens is 491 g/mol. The van der Waals surface area contributed by atoms with Crippen molar-refractivity contribution in [2.45, 2.75) is 32.5 Å². The standard InChI is InChI=1S/C28H35FN4O5/c1-21-15-30-33(16-21)12-13-37-26-9-4-23(14-27(26)36-3)17-31-10-11-32(22(2)34)19-28(35,18-31)20-38-25-7-5-24(29)6-8-25/h4-9,14-16,35H,10-13,17-20H2,1-3H3. The SMILES string of the molecule is COc1cc(CN2CCN(C(C)=O)CC(O)(COc3ccc(F)cc3)C2)ccc1OCCn1cc(C)cn1. The van der Waals surface area contributed by atoms with Crippen LogP contribution in [0.15, 0.2) is 54.9 Å². The van der Waals surface area contributed by atoms with Crippen LogP contribution in [0.25, 0.3) is 0 Å². The van der Waals surface area contributed by atoms with Crippen LogP contribution < -0.4 is 14.2 Å². The van der Waals surface area contributed by atoms with E-state index in [0.29, 0.717) is 56.6 Å². The summed E-state index contributed by atoms with van der Waals surface area (Å²) in [6, 6.07) is 11.4. The van der Waals surface area contributed by atoms with E-state index in [4.69, 9.17) is 14.2 Å². The smallest absolute Gasteiger partial charge is 0.219 e. The highest BCUT2D eigenvalue weighted by molar-refractivity contribution is 5.73. The molecule has 1 aromatic heterocycles. The van der Waals surface area contributed by atoms with E-state index in [9.17, 15) is 14.3 Å². The fourth-order valence-corrected chi connectivity index (χ4v) is 4.51. The van der Waals surface area contributed by atoms with E-state index in [1.165, 1.54) is 31.2 Å². The van der Waals surface area contributed by atoms with Crippen molar-refractivity contribution in [1.29, 1.82) is 0 Å². The first-order valence-electron chi connectivity index (χ1n) is 12.6. The largest absolute Gasteiger partial charge is 0.493 e. The molecular formula is C28H35FN4O5. The third-order valence-corrected chi connectivity index (χ3v) is 6.43. The molecule has 1 aliphatic rings. The Morgan fingerprint density at radius 2 is 1.89 bits per heavy atom. The summed E-state index contributed by atoms with van der Waals surface area (Å²) in [7, 11) is 1.60. The van der Waals surface area contributed by atoms with Crippen molar-refractivity contribution in [3.63, 3.8) is 0 Å². The average molecular weight is 527 g/mol. The number of halogens is 1. The van der Waals surface area contributed by atoms with Gasteiger partial charge >= 0.3 is 0 Å². The quantitative estimate of drug-likeness (QED) is 0.435. The lowest BCUT2D eigenvalue weighted by Crippen LogP contribution is -2.51. The molecule has 1 atom stereocenters. The second-order valence-electron chi connectivity index (χ2n) is 9.73. The maximum atomic E-state index is 13.2. The average Bonchev–Trinajstić information content (AvgIpc) is 3.23. The van der Waals surface area contributed by atoms with Gasteiger partial charge in [0.05, 0.1) is 26.4 Å². The number of carbonyl (C=O) groups excluding carboxylic acids is 1. The Hall–Kier alpha value is -3.63. The van der Waals surface area contributed by atoms with Gasteiger partial charge in [-0.05, 0) is 54.4 Å². The minimum Gasteiger partial charge on any atom is -0.493 e. The van der Waals surface area contributed by atoms with Crippen LogP contribution in [0.5, 0.6) is 17.2 Å². The molecule has 0 spiro atoms. The van der Waals surface area contributed by atoms with Gasteiger partial charge in [0.15, 0.2) is 11.5 Å². The van der Waals surface area contributed by atoms with E-state index >= 15 is 0 Å². The van der Waals surface area contributed by atoms with Crippen LogP contribution in [0, 0.1) is 12.7 Å². The first-order chi connectivity index (χ1) is 18.2. The summed E-state index contributed by atoms with van der Waals surface area (Å²) in [5.41, 5.74) is 0.768. The molecule has 4 rings (SSSR count). The Morgan fingerprint density at radius 3 is 2.58 bits per heavy atom. The van der Waals surface area contributed by atoms with Gasteiger partial charge in [-0.25, -0.2) is 4.39 Å². The van der Waals surface area contributed by atoms with Crippen LogP contribution in [0.4, 0.5) is 4.39 Å². The molecule has 3 aromatic rings. The number of benzene rings is 2. The molecule has 2 aromatic carbocycles. The zero-order valence-electron chi connectivity index (χ0n) is 22.1. The molecule has 1 N–H and O–H groups in total. The summed E-state index contributed by atoms with van der Waals surface area (Å²) in [4.78, 5) is 15.9. The van der Waals surface area contributed by atoms with E-state index in [1.54, 1.807) is 12.0 Å². The summed E-state index contributed by atoms with van der Waals surface area (Å²) < 4.78 is 32.4. The second kappa shape index (κ2) is 12.3. The molecule has 1 fully saturated rings. The number of rotatable bonds is 10. The predicted octanol–water partition coefficient (Wildman–Crippen LogP) is 2.89. The molecule has 1 unspecified atom stereocenters. The fourth-order valence-electron chi connectivity index (χ4n) is 4.51. The van der Waals surface area contributed by atoms with Crippen LogP contribution >= 0.6 is 0 Å². The van der Waals surface area contributed by atoms with Gasteiger partial charge in [-0.3, -0.25) is 14.4 Å². The van der Waals surface area contributed by atoms with E-state index in [0.717, 1.165) is 11.1 Å². The van der Waals surface area contributed by atoms with Gasteiger partial charge in [-0.1, -0.05) is 6.07 Å². The van der Waals surface area contributed by atoms with Crippen molar-refractivity contribution in [1.82, 2.24) is 19.6 Å². The third-order valence-electron chi connectivity index (χ3n) is 6.43. The zero-order chi connectivity index (χ0) is 27.1. The molecule has 2 heterocycles. The topological polar surface area (TPSA) is 89.3 Å². The third kappa shape index (κ3) is 7.45. The predicted molar refractivity (Wildman–Crippen MR) is 140 cm³/mol.